The Morgan fingerprint density at radius 1 is 0.938 bits per heavy atom. The summed E-state index contributed by atoms with van der Waals surface area (Å²) < 4.78 is 0. The molecule has 16 heavy (non-hydrogen) atoms. The van der Waals surface area contributed by atoms with Crippen molar-refractivity contribution >= 4 is 11.3 Å². The second-order valence-electron chi connectivity index (χ2n) is 3.01. The minimum atomic E-state index is 0.880. The van der Waals surface area contributed by atoms with Gasteiger partial charge in [-0.05, 0) is 10.8 Å². The van der Waals surface area contributed by atoms with E-state index < -0.39 is 0 Å². The third kappa shape index (κ3) is 3.03. The maximum absolute atomic E-state index is 3.95. The van der Waals surface area contributed by atoms with Crippen molar-refractivity contribution in [3.05, 3.63) is 59.4 Å². The highest BCUT2D eigenvalue weighted by Gasteiger charge is 1.96. The maximum atomic E-state index is 3.95. The normalized spacial score (nSPS) is 9.25. The number of rotatable bonds is 1. The van der Waals surface area contributed by atoms with E-state index in [1.165, 1.54) is 0 Å². The molecule has 0 aliphatic carbocycles. The number of aromatic amines is 1. The van der Waals surface area contributed by atoms with E-state index in [0.29, 0.717) is 0 Å². The van der Waals surface area contributed by atoms with Crippen molar-refractivity contribution in [2.75, 3.05) is 0 Å². The molecule has 0 amide bonds. The number of hydrogen-bond donors (Lipinski definition) is 1. The third-order valence-corrected chi connectivity index (χ3v) is 2.54. The zero-order valence-corrected chi connectivity index (χ0v) is 9.39. The van der Waals surface area contributed by atoms with Crippen LogP contribution in [0.5, 0.6) is 0 Å². The molecule has 2 aromatic heterocycles. The van der Waals surface area contributed by atoms with Crippen LogP contribution in [0.25, 0.3) is 11.3 Å². The fourth-order valence-corrected chi connectivity index (χ4v) is 1.63. The molecule has 4 heteroatoms. The number of nitrogens with zero attached hydrogens (tertiary/aromatic N) is 2. The van der Waals surface area contributed by atoms with E-state index in [9.17, 15) is 0 Å². The van der Waals surface area contributed by atoms with Gasteiger partial charge in [-0.1, -0.05) is 42.5 Å². The molecule has 1 N–H and O–H groups in total. The van der Waals surface area contributed by atoms with Crippen LogP contribution in [-0.4, -0.2) is 15.4 Å². The fourth-order valence-electron chi connectivity index (χ4n) is 1.18. The van der Waals surface area contributed by atoms with E-state index in [1.54, 1.807) is 17.5 Å². The molecule has 0 bridgehead atoms. The van der Waals surface area contributed by atoms with Gasteiger partial charge in [0.2, 0.25) is 0 Å². The molecule has 3 aromatic rings. The van der Waals surface area contributed by atoms with Gasteiger partial charge in [-0.2, -0.15) is 26.7 Å². The predicted molar refractivity (Wildman–Crippen MR) is 66.1 cm³/mol. The lowest BCUT2D eigenvalue weighted by Gasteiger charge is -1.90. The lowest BCUT2D eigenvalue weighted by molar-refractivity contribution is 0.942. The quantitative estimate of drug-likeness (QED) is 0.696. The molecule has 0 radical (unpaired) electrons. The summed E-state index contributed by atoms with van der Waals surface area (Å²) in [5.41, 5.74) is 1.96. The summed E-state index contributed by atoms with van der Waals surface area (Å²) in [6.07, 6.45) is 1.70. The minimum absolute atomic E-state index is 0.880. The Morgan fingerprint density at radius 2 is 1.69 bits per heavy atom. The Kier molecular flexibility index (Phi) is 3.85. The average molecular weight is 229 g/mol. The van der Waals surface area contributed by atoms with Gasteiger partial charge < -0.3 is 0 Å². The smallest absolute Gasteiger partial charge is 0.112 e. The highest BCUT2D eigenvalue weighted by Crippen LogP contribution is 2.12. The number of benzene rings is 1. The first-order chi connectivity index (χ1) is 7.97. The summed E-state index contributed by atoms with van der Waals surface area (Å²) in [4.78, 5) is 0. The minimum Gasteiger partial charge on any atom is -0.197 e. The predicted octanol–water partition coefficient (Wildman–Crippen LogP) is 3.22. The monoisotopic (exact) mass is 229 g/mol. The summed E-state index contributed by atoms with van der Waals surface area (Å²) in [5, 5.41) is 14.3. The Bertz CT molecular complexity index is 457. The maximum Gasteiger partial charge on any atom is 0.112 e. The topological polar surface area (TPSA) is 41.6 Å². The van der Waals surface area contributed by atoms with Gasteiger partial charge >= 0.3 is 0 Å². The Balaban J connectivity index is 0.000000162. The van der Waals surface area contributed by atoms with Crippen molar-refractivity contribution < 1.29 is 0 Å². The van der Waals surface area contributed by atoms with Crippen LogP contribution in [0, 0.1) is 0 Å². The zero-order valence-electron chi connectivity index (χ0n) is 8.58. The SMILES string of the molecule is c1ccc(-c2cn[nH]n2)cc1.c1ccsc1. The summed E-state index contributed by atoms with van der Waals surface area (Å²) in [5.74, 6) is 0. The van der Waals surface area contributed by atoms with E-state index in [1.807, 2.05) is 53.2 Å². The van der Waals surface area contributed by atoms with Crippen LogP contribution in [0.2, 0.25) is 0 Å². The highest BCUT2D eigenvalue weighted by atomic mass is 32.1. The first-order valence-electron chi connectivity index (χ1n) is 4.85. The lowest BCUT2D eigenvalue weighted by Crippen LogP contribution is -1.75. The Labute approximate surface area is 97.8 Å². The summed E-state index contributed by atoms with van der Waals surface area (Å²) in [6, 6.07) is 14.0. The van der Waals surface area contributed by atoms with Crippen LogP contribution in [-0.2, 0) is 0 Å². The van der Waals surface area contributed by atoms with Gasteiger partial charge in [0.25, 0.3) is 0 Å². The molecule has 3 rings (SSSR count). The van der Waals surface area contributed by atoms with Crippen molar-refractivity contribution in [2.24, 2.45) is 0 Å². The van der Waals surface area contributed by atoms with Crippen LogP contribution in [0.3, 0.4) is 0 Å². The second-order valence-corrected chi connectivity index (χ2v) is 3.83. The van der Waals surface area contributed by atoms with Gasteiger partial charge in [-0.15, -0.1) is 0 Å². The van der Waals surface area contributed by atoms with Gasteiger partial charge in [-0.3, -0.25) is 0 Å². The van der Waals surface area contributed by atoms with Gasteiger partial charge in [0.05, 0.1) is 6.20 Å². The average Bonchev–Trinajstić information content (AvgIpc) is 3.07. The van der Waals surface area contributed by atoms with E-state index in [4.69, 9.17) is 0 Å². The molecular formula is C12H11N3S. The van der Waals surface area contributed by atoms with Gasteiger partial charge in [0.15, 0.2) is 0 Å². The second kappa shape index (κ2) is 5.82. The number of hydrogen-bond acceptors (Lipinski definition) is 3. The van der Waals surface area contributed by atoms with Crippen molar-refractivity contribution in [3.63, 3.8) is 0 Å². The van der Waals surface area contributed by atoms with E-state index in [2.05, 4.69) is 15.4 Å². The van der Waals surface area contributed by atoms with Crippen molar-refractivity contribution in [2.45, 2.75) is 0 Å². The molecule has 0 spiro atoms. The number of aromatic nitrogens is 3. The van der Waals surface area contributed by atoms with Gasteiger partial charge in [0.1, 0.15) is 5.69 Å². The van der Waals surface area contributed by atoms with E-state index in [-0.39, 0.29) is 0 Å². The first kappa shape index (κ1) is 10.6. The summed E-state index contributed by atoms with van der Waals surface area (Å²) in [7, 11) is 0. The van der Waals surface area contributed by atoms with Crippen molar-refractivity contribution in [1.29, 1.82) is 0 Å². The fraction of sp³-hybridized carbons (Fsp3) is 0. The largest absolute Gasteiger partial charge is 0.197 e. The lowest BCUT2D eigenvalue weighted by atomic mass is 10.2. The van der Waals surface area contributed by atoms with Crippen LogP contribution < -0.4 is 0 Å². The Hall–Kier alpha value is -1.94. The molecule has 0 unspecified atom stereocenters. The molecule has 1 aromatic carbocycles. The van der Waals surface area contributed by atoms with Gasteiger partial charge in [0, 0.05) is 5.56 Å². The molecule has 0 aliphatic rings. The van der Waals surface area contributed by atoms with Crippen molar-refractivity contribution in [3.8, 4) is 11.3 Å². The third-order valence-electron chi connectivity index (χ3n) is 1.91. The van der Waals surface area contributed by atoms with Crippen LogP contribution in [0.4, 0.5) is 0 Å². The number of nitrogens with one attached hydrogen (secondary N) is 1. The van der Waals surface area contributed by atoms with E-state index in [0.717, 1.165) is 11.3 Å². The van der Waals surface area contributed by atoms with E-state index >= 15 is 0 Å². The van der Waals surface area contributed by atoms with Gasteiger partial charge in [-0.25, -0.2) is 0 Å². The molecule has 0 aliphatic heterocycles. The highest BCUT2D eigenvalue weighted by molar-refractivity contribution is 7.07. The zero-order chi connectivity index (χ0) is 11.1. The molecule has 80 valence electrons. The molecule has 0 saturated carbocycles. The van der Waals surface area contributed by atoms with Crippen molar-refractivity contribution in [1.82, 2.24) is 15.4 Å². The number of H-pyrrole nitrogens is 1. The first-order valence-corrected chi connectivity index (χ1v) is 5.79. The standard InChI is InChI=1S/C8H7N3.C4H4S/c1-2-4-7(5-3-1)8-6-9-11-10-8;1-2-4-5-3-1/h1-6H,(H,9,10,11);1-4H. The summed E-state index contributed by atoms with van der Waals surface area (Å²) in [6.45, 7) is 0. The molecule has 0 atom stereocenters. The molecular weight excluding hydrogens is 218 g/mol. The number of thiophene rings is 1. The Morgan fingerprint density at radius 3 is 2.19 bits per heavy atom. The van der Waals surface area contributed by atoms with Crippen LogP contribution in [0.15, 0.2) is 59.4 Å². The molecule has 0 fully saturated rings. The molecule has 0 saturated heterocycles. The molecule has 3 nitrogen and oxygen atoms in total. The summed E-state index contributed by atoms with van der Waals surface area (Å²) >= 11 is 1.71. The van der Waals surface area contributed by atoms with Crippen LogP contribution >= 0.6 is 11.3 Å². The molecule has 2 heterocycles. The van der Waals surface area contributed by atoms with Crippen LogP contribution in [0.1, 0.15) is 0 Å².